The second kappa shape index (κ2) is 4.49. The maximum absolute atomic E-state index is 13.1. The lowest BCUT2D eigenvalue weighted by atomic mass is 9.99. The predicted molar refractivity (Wildman–Crippen MR) is 54.3 cm³/mol. The number of carbonyl (C=O) groups is 1. The third kappa shape index (κ3) is 2.83. The Labute approximate surface area is 87.3 Å². The van der Waals surface area contributed by atoms with Crippen molar-refractivity contribution in [2.24, 2.45) is 0 Å². The van der Waals surface area contributed by atoms with Gasteiger partial charge in [0.05, 0.1) is 6.54 Å². The predicted octanol–water partition coefficient (Wildman–Crippen LogP) is 2.20. The molecule has 0 aliphatic carbocycles. The number of ketones is 1. The molecule has 0 saturated carbocycles. The highest BCUT2D eigenvalue weighted by molar-refractivity contribution is 5.99. The van der Waals surface area contributed by atoms with Gasteiger partial charge in [0.1, 0.15) is 0 Å². The number of halogens is 2. The Balaban J connectivity index is 3.12. The fourth-order valence-electron chi connectivity index (χ4n) is 1.36. The summed E-state index contributed by atoms with van der Waals surface area (Å²) in [5.74, 6) is -3.31. The lowest BCUT2D eigenvalue weighted by Crippen LogP contribution is -2.22. The lowest BCUT2D eigenvalue weighted by Gasteiger charge is -2.14. The van der Waals surface area contributed by atoms with Crippen LogP contribution < -0.4 is 5.32 Å². The van der Waals surface area contributed by atoms with Crippen LogP contribution in [0.3, 0.4) is 0 Å². The van der Waals surface area contributed by atoms with Gasteiger partial charge in [-0.25, -0.2) is 8.78 Å². The summed E-state index contributed by atoms with van der Waals surface area (Å²) < 4.78 is 26.3. The van der Waals surface area contributed by atoms with E-state index in [0.29, 0.717) is 0 Å². The van der Waals surface area contributed by atoms with Gasteiger partial charge in [0.2, 0.25) is 0 Å². The molecule has 0 heterocycles. The van der Waals surface area contributed by atoms with Crippen LogP contribution in [-0.4, -0.2) is 19.4 Å². The number of carbonyl (C=O) groups excluding carboxylic acids is 1. The molecule has 82 valence electrons. The van der Waals surface area contributed by atoms with Gasteiger partial charge in [0, 0.05) is 18.1 Å². The van der Waals surface area contributed by atoms with E-state index in [1.807, 2.05) is 0 Å². The quantitative estimate of drug-likeness (QED) is 0.777. The molecule has 1 N–H and O–H groups in total. The number of hydrogen-bond donors (Lipinski definition) is 1. The first-order valence-electron chi connectivity index (χ1n) is 4.62. The summed E-state index contributed by atoms with van der Waals surface area (Å²) >= 11 is 0. The summed E-state index contributed by atoms with van der Waals surface area (Å²) in [7, 11) is 1.60. The molecule has 1 aromatic carbocycles. The van der Waals surface area contributed by atoms with Crippen LogP contribution >= 0.6 is 0 Å². The molecular formula is C11H13F2NO. The molecule has 0 aliphatic heterocycles. The van der Waals surface area contributed by atoms with Crippen molar-refractivity contribution >= 4 is 5.78 Å². The van der Waals surface area contributed by atoms with Gasteiger partial charge >= 0.3 is 0 Å². The molecule has 0 fully saturated rings. The molecule has 0 saturated heterocycles. The van der Waals surface area contributed by atoms with Crippen molar-refractivity contribution in [3.8, 4) is 0 Å². The molecule has 15 heavy (non-hydrogen) atoms. The van der Waals surface area contributed by atoms with Crippen LogP contribution in [-0.2, 0) is 5.92 Å². The van der Waals surface area contributed by atoms with E-state index < -0.39 is 5.92 Å². The smallest absolute Gasteiger partial charge is 0.271 e. The van der Waals surface area contributed by atoms with Crippen molar-refractivity contribution in [3.63, 3.8) is 0 Å². The number of hydrogen-bond acceptors (Lipinski definition) is 2. The van der Waals surface area contributed by atoms with Crippen molar-refractivity contribution in [2.75, 3.05) is 13.6 Å². The van der Waals surface area contributed by atoms with Crippen LogP contribution in [0.2, 0.25) is 0 Å². The minimum Gasteiger partial charge on any atom is -0.313 e. The third-order valence-electron chi connectivity index (χ3n) is 2.04. The van der Waals surface area contributed by atoms with Crippen LogP contribution in [0.15, 0.2) is 24.3 Å². The number of Topliss-reactive ketones (excluding diaryl/α,β-unsaturated/α-hetero) is 1. The van der Waals surface area contributed by atoms with Gasteiger partial charge in [0.15, 0.2) is 5.78 Å². The van der Waals surface area contributed by atoms with Gasteiger partial charge in [-0.1, -0.05) is 24.3 Å². The Morgan fingerprint density at radius 3 is 2.53 bits per heavy atom. The molecule has 0 bridgehead atoms. The molecule has 0 aromatic heterocycles. The number of rotatable bonds is 4. The van der Waals surface area contributed by atoms with E-state index in [0.717, 1.165) is 6.92 Å². The van der Waals surface area contributed by atoms with Gasteiger partial charge < -0.3 is 5.32 Å². The van der Waals surface area contributed by atoms with Crippen molar-refractivity contribution < 1.29 is 13.6 Å². The van der Waals surface area contributed by atoms with Crippen molar-refractivity contribution in [2.45, 2.75) is 12.8 Å². The molecule has 0 radical (unpaired) electrons. The van der Waals surface area contributed by atoms with Crippen molar-refractivity contribution in [3.05, 3.63) is 35.4 Å². The maximum Gasteiger partial charge on any atom is 0.271 e. The first-order valence-corrected chi connectivity index (χ1v) is 4.62. The Hall–Kier alpha value is -1.29. The Bertz CT molecular complexity index is 358. The molecule has 2 nitrogen and oxygen atoms in total. The highest BCUT2D eigenvalue weighted by Gasteiger charge is 2.28. The molecule has 4 heteroatoms. The minimum absolute atomic E-state index is 0.0626. The monoisotopic (exact) mass is 213 g/mol. The second-order valence-electron chi connectivity index (χ2n) is 3.39. The van der Waals surface area contributed by atoms with E-state index in [1.165, 1.54) is 18.2 Å². The van der Waals surface area contributed by atoms with E-state index in [9.17, 15) is 13.6 Å². The number of nitrogens with one attached hydrogen (secondary N) is 1. The van der Waals surface area contributed by atoms with Gasteiger partial charge in [-0.15, -0.1) is 0 Å². The number of likely N-dealkylation sites (N-methyl/N-ethyl adjacent to an activating group) is 1. The van der Waals surface area contributed by atoms with Gasteiger partial charge in [-0.05, 0) is 7.05 Å². The average Bonchev–Trinajstić information content (AvgIpc) is 2.17. The standard InChI is InChI=1S/C11H13F2NO/c1-11(12,13)9-6-4-3-5-8(9)10(15)7-14-2/h3-6,14H,7H2,1-2H3. The molecule has 0 atom stereocenters. The lowest BCUT2D eigenvalue weighted by molar-refractivity contribution is 0.0164. The SMILES string of the molecule is CNCC(=O)c1ccccc1C(C)(F)F. The largest absolute Gasteiger partial charge is 0.313 e. The molecule has 0 spiro atoms. The van der Waals surface area contributed by atoms with Crippen LogP contribution in [0.25, 0.3) is 0 Å². The summed E-state index contributed by atoms with van der Waals surface area (Å²) in [6.45, 7) is 0.853. The van der Waals surface area contributed by atoms with Crippen molar-refractivity contribution in [1.82, 2.24) is 5.32 Å². The van der Waals surface area contributed by atoms with Gasteiger partial charge in [-0.2, -0.15) is 0 Å². The summed E-state index contributed by atoms with van der Waals surface area (Å²) in [5, 5.41) is 2.65. The Morgan fingerprint density at radius 2 is 2.00 bits per heavy atom. The third-order valence-corrected chi connectivity index (χ3v) is 2.04. The fraction of sp³-hybridized carbons (Fsp3) is 0.364. The second-order valence-corrected chi connectivity index (χ2v) is 3.39. The summed E-state index contributed by atoms with van der Waals surface area (Å²) in [5.41, 5.74) is -0.135. The molecule has 1 aromatic rings. The van der Waals surface area contributed by atoms with E-state index >= 15 is 0 Å². The number of benzene rings is 1. The van der Waals surface area contributed by atoms with Gasteiger partial charge in [-0.3, -0.25) is 4.79 Å². The molecule has 1 rings (SSSR count). The first kappa shape index (κ1) is 11.8. The average molecular weight is 213 g/mol. The maximum atomic E-state index is 13.1. The summed E-state index contributed by atoms with van der Waals surface area (Å²) in [4.78, 5) is 11.5. The zero-order valence-corrected chi connectivity index (χ0v) is 8.68. The highest BCUT2D eigenvalue weighted by atomic mass is 19.3. The van der Waals surface area contributed by atoms with Crippen LogP contribution in [0.5, 0.6) is 0 Å². The zero-order chi connectivity index (χ0) is 11.5. The first-order chi connectivity index (χ1) is 6.96. The minimum atomic E-state index is -2.99. The molecule has 0 amide bonds. The van der Waals surface area contributed by atoms with E-state index in [1.54, 1.807) is 13.1 Å². The normalized spacial score (nSPS) is 11.5. The van der Waals surface area contributed by atoms with E-state index in [2.05, 4.69) is 5.32 Å². The Kier molecular flexibility index (Phi) is 3.52. The number of alkyl halides is 2. The van der Waals surface area contributed by atoms with E-state index in [4.69, 9.17) is 0 Å². The topological polar surface area (TPSA) is 29.1 Å². The van der Waals surface area contributed by atoms with E-state index in [-0.39, 0.29) is 23.5 Å². The van der Waals surface area contributed by atoms with Crippen LogP contribution in [0.4, 0.5) is 8.78 Å². The summed E-state index contributed by atoms with van der Waals surface area (Å²) in [6, 6.07) is 5.79. The Morgan fingerprint density at radius 1 is 1.40 bits per heavy atom. The summed E-state index contributed by atoms with van der Waals surface area (Å²) in [6.07, 6.45) is 0. The molecular weight excluding hydrogens is 200 g/mol. The van der Waals surface area contributed by atoms with Crippen molar-refractivity contribution in [1.29, 1.82) is 0 Å². The van der Waals surface area contributed by atoms with Crippen LogP contribution in [0, 0.1) is 0 Å². The zero-order valence-electron chi connectivity index (χ0n) is 8.68. The molecule has 0 unspecified atom stereocenters. The van der Waals surface area contributed by atoms with Crippen LogP contribution in [0.1, 0.15) is 22.8 Å². The van der Waals surface area contributed by atoms with Gasteiger partial charge in [0.25, 0.3) is 5.92 Å². The fourth-order valence-corrected chi connectivity index (χ4v) is 1.36. The highest BCUT2D eigenvalue weighted by Crippen LogP contribution is 2.29. The molecule has 0 aliphatic rings.